The van der Waals surface area contributed by atoms with Crippen molar-refractivity contribution in [1.29, 1.82) is 0 Å². The SMILES string of the molecule is C=C/C=C(/CC)NC. The van der Waals surface area contributed by atoms with E-state index in [1.807, 2.05) is 13.1 Å². The molecule has 1 nitrogen and oxygen atoms in total. The minimum atomic E-state index is 1.04. The quantitative estimate of drug-likeness (QED) is 0.546. The van der Waals surface area contributed by atoms with Crippen molar-refractivity contribution in [3.05, 3.63) is 24.4 Å². The van der Waals surface area contributed by atoms with Crippen molar-refractivity contribution < 1.29 is 0 Å². The molecule has 0 unspecified atom stereocenters. The Kier molecular flexibility index (Phi) is 4.04. The van der Waals surface area contributed by atoms with E-state index < -0.39 is 0 Å². The molecule has 0 amide bonds. The fraction of sp³-hybridized carbons (Fsp3) is 0.429. The van der Waals surface area contributed by atoms with Crippen LogP contribution in [-0.2, 0) is 0 Å². The molecule has 1 heteroatoms. The molecule has 1 N–H and O–H groups in total. The zero-order valence-corrected chi connectivity index (χ0v) is 5.57. The van der Waals surface area contributed by atoms with Crippen LogP contribution in [-0.4, -0.2) is 7.05 Å². The summed E-state index contributed by atoms with van der Waals surface area (Å²) < 4.78 is 0. The highest BCUT2D eigenvalue weighted by atomic mass is 14.8. The molecule has 0 rings (SSSR count). The van der Waals surface area contributed by atoms with Crippen molar-refractivity contribution in [3.63, 3.8) is 0 Å². The van der Waals surface area contributed by atoms with E-state index in [0.717, 1.165) is 6.42 Å². The highest BCUT2D eigenvalue weighted by molar-refractivity contribution is 5.07. The lowest BCUT2D eigenvalue weighted by molar-refractivity contribution is 0.901. The molecule has 0 atom stereocenters. The Morgan fingerprint density at radius 1 is 1.75 bits per heavy atom. The second-order valence-electron chi connectivity index (χ2n) is 1.53. The first-order chi connectivity index (χ1) is 3.85. The highest BCUT2D eigenvalue weighted by Crippen LogP contribution is 1.92. The molecule has 0 aromatic carbocycles. The minimum absolute atomic E-state index is 1.04. The zero-order valence-electron chi connectivity index (χ0n) is 5.57. The molecule has 0 saturated heterocycles. The van der Waals surface area contributed by atoms with Gasteiger partial charge < -0.3 is 5.32 Å². The lowest BCUT2D eigenvalue weighted by Crippen LogP contribution is -2.03. The number of hydrogen-bond acceptors (Lipinski definition) is 1. The first-order valence-corrected chi connectivity index (χ1v) is 2.84. The Bertz CT molecular complexity index is 86.6. The lowest BCUT2D eigenvalue weighted by Gasteiger charge is -1.98. The Morgan fingerprint density at radius 2 is 2.38 bits per heavy atom. The maximum atomic E-state index is 3.58. The molecule has 0 saturated carbocycles. The molecule has 8 heavy (non-hydrogen) atoms. The van der Waals surface area contributed by atoms with Crippen LogP contribution in [0.15, 0.2) is 24.4 Å². The van der Waals surface area contributed by atoms with Crippen LogP contribution in [0.5, 0.6) is 0 Å². The van der Waals surface area contributed by atoms with E-state index in [4.69, 9.17) is 0 Å². The highest BCUT2D eigenvalue weighted by Gasteiger charge is 1.81. The van der Waals surface area contributed by atoms with Gasteiger partial charge in [-0.05, 0) is 12.5 Å². The average molecular weight is 111 g/mol. The Hall–Kier alpha value is -0.720. The summed E-state index contributed by atoms with van der Waals surface area (Å²) >= 11 is 0. The van der Waals surface area contributed by atoms with Crippen molar-refractivity contribution in [2.45, 2.75) is 13.3 Å². The normalized spacial score (nSPS) is 11.0. The molecule has 0 heterocycles. The molecular formula is C7H13N. The second-order valence-corrected chi connectivity index (χ2v) is 1.53. The third kappa shape index (κ3) is 2.45. The monoisotopic (exact) mass is 111 g/mol. The van der Waals surface area contributed by atoms with E-state index in [1.54, 1.807) is 6.08 Å². The lowest BCUT2D eigenvalue weighted by atomic mass is 10.3. The molecule has 0 aromatic heterocycles. The summed E-state index contributed by atoms with van der Waals surface area (Å²) in [5, 5.41) is 3.04. The van der Waals surface area contributed by atoms with Gasteiger partial charge >= 0.3 is 0 Å². The maximum absolute atomic E-state index is 3.58. The van der Waals surface area contributed by atoms with E-state index in [-0.39, 0.29) is 0 Å². The molecule has 0 aliphatic heterocycles. The van der Waals surface area contributed by atoms with Gasteiger partial charge in [0.15, 0.2) is 0 Å². The number of nitrogens with one attached hydrogen (secondary N) is 1. The maximum Gasteiger partial charge on any atom is 0.0101 e. The van der Waals surface area contributed by atoms with Gasteiger partial charge in [0, 0.05) is 12.7 Å². The zero-order chi connectivity index (χ0) is 6.41. The molecule has 46 valence electrons. The molecule has 0 radical (unpaired) electrons. The largest absolute Gasteiger partial charge is 0.391 e. The van der Waals surface area contributed by atoms with Crippen LogP contribution in [0.4, 0.5) is 0 Å². The van der Waals surface area contributed by atoms with Crippen molar-refractivity contribution in [1.82, 2.24) is 5.32 Å². The molecule has 0 aliphatic rings. The smallest absolute Gasteiger partial charge is 0.0101 e. The topological polar surface area (TPSA) is 12.0 Å². The van der Waals surface area contributed by atoms with Crippen LogP contribution < -0.4 is 5.32 Å². The molecule has 0 bridgehead atoms. The molecule has 0 aromatic rings. The average Bonchev–Trinajstić information content (AvgIpc) is 1.83. The van der Waals surface area contributed by atoms with Crippen molar-refractivity contribution >= 4 is 0 Å². The summed E-state index contributed by atoms with van der Waals surface area (Å²) in [6.07, 6.45) is 4.80. The van der Waals surface area contributed by atoms with Crippen LogP contribution in [0.25, 0.3) is 0 Å². The van der Waals surface area contributed by atoms with E-state index in [9.17, 15) is 0 Å². The van der Waals surface area contributed by atoms with E-state index in [1.165, 1.54) is 5.70 Å². The van der Waals surface area contributed by atoms with Crippen LogP contribution in [0.3, 0.4) is 0 Å². The Morgan fingerprint density at radius 3 is 2.50 bits per heavy atom. The van der Waals surface area contributed by atoms with Gasteiger partial charge in [0.1, 0.15) is 0 Å². The number of hydrogen-bond donors (Lipinski definition) is 1. The third-order valence-corrected chi connectivity index (χ3v) is 1.02. The van der Waals surface area contributed by atoms with Crippen molar-refractivity contribution in [2.75, 3.05) is 7.05 Å². The van der Waals surface area contributed by atoms with Crippen LogP contribution >= 0.6 is 0 Å². The number of rotatable bonds is 3. The van der Waals surface area contributed by atoms with Gasteiger partial charge in [-0.25, -0.2) is 0 Å². The van der Waals surface area contributed by atoms with E-state index >= 15 is 0 Å². The summed E-state index contributed by atoms with van der Waals surface area (Å²) in [6.45, 7) is 5.68. The van der Waals surface area contributed by atoms with E-state index in [0.29, 0.717) is 0 Å². The van der Waals surface area contributed by atoms with Crippen LogP contribution in [0, 0.1) is 0 Å². The van der Waals surface area contributed by atoms with Crippen molar-refractivity contribution in [3.8, 4) is 0 Å². The van der Waals surface area contributed by atoms with Gasteiger partial charge in [0.2, 0.25) is 0 Å². The third-order valence-electron chi connectivity index (χ3n) is 1.02. The van der Waals surface area contributed by atoms with Gasteiger partial charge in [-0.2, -0.15) is 0 Å². The second kappa shape index (κ2) is 4.44. The summed E-state index contributed by atoms with van der Waals surface area (Å²) in [7, 11) is 1.92. The van der Waals surface area contributed by atoms with Gasteiger partial charge in [0.05, 0.1) is 0 Å². The van der Waals surface area contributed by atoms with Gasteiger partial charge in [-0.1, -0.05) is 19.6 Å². The molecular weight excluding hydrogens is 98.1 g/mol. The van der Waals surface area contributed by atoms with Gasteiger partial charge in [-0.3, -0.25) is 0 Å². The summed E-state index contributed by atoms with van der Waals surface area (Å²) in [6, 6.07) is 0. The molecule has 0 aliphatic carbocycles. The van der Waals surface area contributed by atoms with Crippen molar-refractivity contribution in [2.24, 2.45) is 0 Å². The van der Waals surface area contributed by atoms with Crippen LogP contribution in [0.2, 0.25) is 0 Å². The Labute approximate surface area is 51.1 Å². The fourth-order valence-corrected chi connectivity index (χ4v) is 0.520. The molecule has 0 spiro atoms. The fourth-order valence-electron chi connectivity index (χ4n) is 0.520. The predicted octanol–water partition coefficient (Wildman–Crippen LogP) is 1.69. The summed E-state index contributed by atoms with van der Waals surface area (Å²) in [5.74, 6) is 0. The first kappa shape index (κ1) is 7.28. The number of allylic oxidation sites excluding steroid dienone is 3. The van der Waals surface area contributed by atoms with Gasteiger partial charge in [0.25, 0.3) is 0 Å². The standard InChI is InChI=1S/C7H13N/c1-4-6-7(5-2)8-3/h4,6,8H,1,5H2,2-3H3/b7-6-. The minimum Gasteiger partial charge on any atom is -0.391 e. The van der Waals surface area contributed by atoms with E-state index in [2.05, 4.69) is 18.8 Å². The summed E-state index contributed by atoms with van der Waals surface area (Å²) in [4.78, 5) is 0. The van der Waals surface area contributed by atoms with Gasteiger partial charge in [-0.15, -0.1) is 0 Å². The summed E-state index contributed by atoms with van der Waals surface area (Å²) in [5.41, 5.74) is 1.22. The first-order valence-electron chi connectivity index (χ1n) is 2.84. The molecule has 0 fully saturated rings. The van der Waals surface area contributed by atoms with Crippen LogP contribution in [0.1, 0.15) is 13.3 Å². The Balaban J connectivity index is 3.66. The predicted molar refractivity (Wildman–Crippen MR) is 37.6 cm³/mol.